The molecule has 4 heteroatoms. The molecule has 1 N–H and O–H groups in total. The number of nitrogens with zero attached hydrogens (tertiary/aromatic N) is 2. The molecule has 2 rings (SSSR count). The van der Waals surface area contributed by atoms with E-state index in [0.717, 1.165) is 31.1 Å². The fourth-order valence-electron chi connectivity index (χ4n) is 2.17. The van der Waals surface area contributed by atoms with Gasteiger partial charge in [-0.15, -0.1) is 0 Å². The van der Waals surface area contributed by atoms with Crippen LogP contribution in [0.3, 0.4) is 0 Å². The van der Waals surface area contributed by atoms with Crippen molar-refractivity contribution in [3.63, 3.8) is 0 Å². The molecule has 0 saturated carbocycles. The van der Waals surface area contributed by atoms with Crippen molar-refractivity contribution in [3.8, 4) is 0 Å². The van der Waals surface area contributed by atoms with Gasteiger partial charge in [-0.1, -0.05) is 49.3 Å². The number of rotatable bonds is 7. The van der Waals surface area contributed by atoms with Crippen molar-refractivity contribution in [2.75, 3.05) is 6.54 Å². The van der Waals surface area contributed by atoms with Crippen LogP contribution in [0.1, 0.15) is 44.0 Å². The van der Waals surface area contributed by atoms with Crippen LogP contribution >= 0.6 is 0 Å². The number of benzene rings is 1. The van der Waals surface area contributed by atoms with Gasteiger partial charge in [-0.2, -0.15) is 4.98 Å². The second-order valence-electron chi connectivity index (χ2n) is 5.17. The minimum atomic E-state index is 0.230. The highest BCUT2D eigenvalue weighted by molar-refractivity contribution is 5.15. The molecular formula is C16H23N3O. The molecule has 0 aliphatic rings. The Morgan fingerprint density at radius 1 is 1.15 bits per heavy atom. The molecule has 1 aromatic carbocycles. The lowest BCUT2D eigenvalue weighted by molar-refractivity contribution is 0.329. The molecular weight excluding hydrogens is 250 g/mol. The summed E-state index contributed by atoms with van der Waals surface area (Å²) in [7, 11) is 0. The molecule has 2 unspecified atom stereocenters. The average Bonchev–Trinajstić information content (AvgIpc) is 2.94. The Morgan fingerprint density at radius 2 is 1.90 bits per heavy atom. The van der Waals surface area contributed by atoms with E-state index in [2.05, 4.69) is 60.5 Å². The van der Waals surface area contributed by atoms with Crippen LogP contribution in [-0.2, 0) is 12.8 Å². The summed E-state index contributed by atoms with van der Waals surface area (Å²) in [5, 5.41) is 7.46. The number of nitrogens with one attached hydrogen (secondary N) is 1. The first-order valence-corrected chi connectivity index (χ1v) is 7.30. The fraction of sp³-hybridized carbons (Fsp3) is 0.500. The van der Waals surface area contributed by atoms with Crippen molar-refractivity contribution in [2.45, 2.75) is 45.6 Å². The van der Waals surface area contributed by atoms with Gasteiger partial charge >= 0.3 is 0 Å². The van der Waals surface area contributed by atoms with Crippen molar-refractivity contribution in [2.24, 2.45) is 0 Å². The maximum Gasteiger partial charge on any atom is 0.231 e. The third-order valence-corrected chi connectivity index (χ3v) is 3.63. The normalized spacial score (nSPS) is 14.2. The van der Waals surface area contributed by atoms with Crippen molar-refractivity contribution >= 4 is 0 Å². The molecule has 20 heavy (non-hydrogen) atoms. The molecule has 0 aliphatic heterocycles. The second-order valence-corrected chi connectivity index (χ2v) is 5.17. The summed E-state index contributed by atoms with van der Waals surface area (Å²) in [6, 6.07) is 10.7. The van der Waals surface area contributed by atoms with E-state index in [0.29, 0.717) is 6.04 Å². The first kappa shape index (κ1) is 14.7. The predicted molar refractivity (Wildman–Crippen MR) is 79.7 cm³/mol. The van der Waals surface area contributed by atoms with Gasteiger partial charge in [0.25, 0.3) is 0 Å². The SMILES string of the molecule is CCNC(C)C(C)c1nc(CCc2ccccc2)no1. The lowest BCUT2D eigenvalue weighted by atomic mass is 10.0. The quantitative estimate of drug-likeness (QED) is 0.842. The highest BCUT2D eigenvalue weighted by Gasteiger charge is 2.19. The summed E-state index contributed by atoms with van der Waals surface area (Å²) in [5.41, 5.74) is 1.30. The number of aromatic nitrogens is 2. The lowest BCUT2D eigenvalue weighted by Crippen LogP contribution is -2.30. The molecule has 1 heterocycles. The average molecular weight is 273 g/mol. The smallest absolute Gasteiger partial charge is 0.231 e. The Morgan fingerprint density at radius 3 is 2.60 bits per heavy atom. The molecule has 0 saturated heterocycles. The monoisotopic (exact) mass is 273 g/mol. The minimum absolute atomic E-state index is 0.230. The third-order valence-electron chi connectivity index (χ3n) is 3.63. The Kier molecular flexibility index (Phi) is 5.30. The first-order valence-electron chi connectivity index (χ1n) is 7.30. The molecule has 4 nitrogen and oxygen atoms in total. The Hall–Kier alpha value is -1.68. The molecule has 1 aromatic heterocycles. The van der Waals surface area contributed by atoms with Gasteiger partial charge in [0.15, 0.2) is 5.82 Å². The van der Waals surface area contributed by atoms with E-state index in [1.54, 1.807) is 0 Å². The molecule has 2 atom stereocenters. The van der Waals surface area contributed by atoms with Crippen LogP contribution in [-0.4, -0.2) is 22.7 Å². The van der Waals surface area contributed by atoms with E-state index < -0.39 is 0 Å². The molecule has 0 spiro atoms. The van der Waals surface area contributed by atoms with Gasteiger partial charge in [-0.05, 0) is 25.5 Å². The Bertz CT molecular complexity index is 509. The molecule has 0 fully saturated rings. The van der Waals surface area contributed by atoms with Crippen molar-refractivity contribution in [1.29, 1.82) is 0 Å². The zero-order chi connectivity index (χ0) is 14.4. The van der Waals surface area contributed by atoms with Gasteiger partial charge in [-0.3, -0.25) is 0 Å². The minimum Gasteiger partial charge on any atom is -0.339 e. The van der Waals surface area contributed by atoms with E-state index in [4.69, 9.17) is 4.52 Å². The first-order chi connectivity index (χ1) is 9.70. The highest BCUT2D eigenvalue weighted by Crippen LogP contribution is 2.17. The van der Waals surface area contributed by atoms with Gasteiger partial charge in [0, 0.05) is 12.5 Å². The summed E-state index contributed by atoms with van der Waals surface area (Å²) in [6.45, 7) is 7.30. The highest BCUT2D eigenvalue weighted by atomic mass is 16.5. The number of hydrogen-bond donors (Lipinski definition) is 1. The van der Waals surface area contributed by atoms with Crippen LogP contribution in [0.5, 0.6) is 0 Å². The van der Waals surface area contributed by atoms with Gasteiger partial charge in [0.1, 0.15) is 0 Å². The van der Waals surface area contributed by atoms with Gasteiger partial charge in [0.2, 0.25) is 5.89 Å². The number of aryl methyl sites for hydroxylation is 2. The van der Waals surface area contributed by atoms with Crippen LogP contribution in [0.4, 0.5) is 0 Å². The largest absolute Gasteiger partial charge is 0.339 e. The standard InChI is InChI=1S/C16H23N3O/c1-4-17-13(3)12(2)16-18-15(19-20-16)11-10-14-8-6-5-7-9-14/h5-9,12-13,17H,4,10-11H2,1-3H3. The van der Waals surface area contributed by atoms with Crippen LogP contribution in [0, 0.1) is 0 Å². The zero-order valence-electron chi connectivity index (χ0n) is 12.5. The van der Waals surface area contributed by atoms with E-state index in [1.165, 1.54) is 5.56 Å². The van der Waals surface area contributed by atoms with Crippen LogP contribution in [0.25, 0.3) is 0 Å². The van der Waals surface area contributed by atoms with Gasteiger partial charge < -0.3 is 9.84 Å². The summed E-state index contributed by atoms with van der Waals surface area (Å²) >= 11 is 0. The van der Waals surface area contributed by atoms with E-state index in [-0.39, 0.29) is 5.92 Å². The fourth-order valence-corrected chi connectivity index (χ4v) is 2.17. The molecule has 108 valence electrons. The second kappa shape index (κ2) is 7.20. The lowest BCUT2D eigenvalue weighted by Gasteiger charge is -2.16. The van der Waals surface area contributed by atoms with Gasteiger partial charge in [-0.25, -0.2) is 0 Å². The summed E-state index contributed by atoms with van der Waals surface area (Å²) in [6.07, 6.45) is 1.76. The maximum absolute atomic E-state index is 5.38. The molecule has 0 radical (unpaired) electrons. The van der Waals surface area contributed by atoms with Crippen LogP contribution in [0.15, 0.2) is 34.9 Å². The topological polar surface area (TPSA) is 51.0 Å². The Labute approximate surface area is 120 Å². The van der Waals surface area contributed by atoms with Crippen LogP contribution < -0.4 is 5.32 Å². The van der Waals surface area contributed by atoms with Crippen molar-refractivity contribution in [1.82, 2.24) is 15.5 Å². The summed E-state index contributed by atoms with van der Waals surface area (Å²) in [5.74, 6) is 1.74. The Balaban J connectivity index is 1.92. The van der Waals surface area contributed by atoms with Crippen LogP contribution in [0.2, 0.25) is 0 Å². The van der Waals surface area contributed by atoms with E-state index in [1.807, 2.05) is 6.07 Å². The molecule has 0 aliphatic carbocycles. The summed E-state index contributed by atoms with van der Waals surface area (Å²) in [4.78, 5) is 4.51. The van der Waals surface area contributed by atoms with Gasteiger partial charge in [0.05, 0.1) is 5.92 Å². The third kappa shape index (κ3) is 3.90. The van der Waals surface area contributed by atoms with E-state index in [9.17, 15) is 0 Å². The molecule has 0 bridgehead atoms. The predicted octanol–water partition coefficient (Wildman–Crippen LogP) is 2.96. The molecule has 2 aromatic rings. The maximum atomic E-state index is 5.38. The molecule has 0 amide bonds. The number of likely N-dealkylation sites (N-methyl/N-ethyl adjacent to an activating group) is 1. The number of hydrogen-bond acceptors (Lipinski definition) is 4. The van der Waals surface area contributed by atoms with Crippen molar-refractivity contribution < 1.29 is 4.52 Å². The zero-order valence-corrected chi connectivity index (χ0v) is 12.5. The van der Waals surface area contributed by atoms with Crippen molar-refractivity contribution in [3.05, 3.63) is 47.6 Å². The summed E-state index contributed by atoms with van der Waals surface area (Å²) < 4.78 is 5.38. The van der Waals surface area contributed by atoms with E-state index >= 15 is 0 Å².